The van der Waals surface area contributed by atoms with Gasteiger partial charge in [-0.05, 0) is 42.3 Å². The zero-order chi connectivity index (χ0) is 25.7. The van der Waals surface area contributed by atoms with Gasteiger partial charge in [-0.2, -0.15) is 13.2 Å². The number of oxime groups is 1. The number of nitrogens with zero attached hydrogens (tertiary/aromatic N) is 2. The second-order valence-corrected chi connectivity index (χ2v) is 9.51. The van der Waals surface area contributed by atoms with Crippen molar-refractivity contribution in [1.82, 2.24) is 4.90 Å². The Morgan fingerprint density at radius 1 is 1.17 bits per heavy atom. The van der Waals surface area contributed by atoms with E-state index in [0.29, 0.717) is 16.7 Å². The molecule has 0 bridgehead atoms. The Morgan fingerprint density at radius 3 is 2.37 bits per heavy atom. The number of ketones is 1. The van der Waals surface area contributed by atoms with Gasteiger partial charge in [0.05, 0.1) is 11.6 Å². The lowest BCUT2D eigenvalue weighted by Crippen LogP contribution is -2.42. The fraction of sp³-hybridized carbons (Fsp3) is 0.333. The van der Waals surface area contributed by atoms with Crippen LogP contribution in [0.1, 0.15) is 46.3 Å². The lowest BCUT2D eigenvalue weighted by molar-refractivity contribution is -0.275. The molecule has 0 saturated carbocycles. The Morgan fingerprint density at radius 2 is 1.83 bits per heavy atom. The van der Waals surface area contributed by atoms with Crippen molar-refractivity contribution in [3.05, 3.63) is 68.7 Å². The number of Topliss-reactive ketones (excluding diaryl/α,β-unsaturated/α-hetero) is 1. The fourth-order valence-electron chi connectivity index (χ4n) is 4.33. The summed E-state index contributed by atoms with van der Waals surface area (Å²) in [5.74, 6) is -1.80. The second-order valence-electron chi connectivity index (χ2n) is 8.64. The summed E-state index contributed by atoms with van der Waals surface area (Å²) < 4.78 is 42.6. The Labute approximate surface area is 208 Å². The van der Waals surface area contributed by atoms with Gasteiger partial charge in [0.25, 0.3) is 5.60 Å². The minimum atomic E-state index is -4.82. The molecule has 2 atom stereocenters. The molecule has 0 aliphatic carbocycles. The summed E-state index contributed by atoms with van der Waals surface area (Å²) in [5, 5.41) is 3.78. The summed E-state index contributed by atoms with van der Waals surface area (Å²) >= 11 is 11.9. The van der Waals surface area contributed by atoms with Crippen molar-refractivity contribution >= 4 is 46.5 Å². The molecule has 0 radical (unpaired) electrons. The molecule has 2 heterocycles. The number of halogens is 5. The van der Waals surface area contributed by atoms with Crippen molar-refractivity contribution in [3.8, 4) is 0 Å². The first-order valence-corrected chi connectivity index (χ1v) is 11.3. The van der Waals surface area contributed by atoms with Crippen LogP contribution in [0.25, 0.3) is 0 Å². The standard InChI is InChI=1S/C24H19Cl2F3N2O4/c1-12-5-13(3-4-18(12)20(32)6-14-7-21(33)31(2)22(14)34)19-11-23(35-30-19,24(27,28)29)15-8-16(25)10-17(26)9-15/h3-5,8-10,14H,6-7,11H2,1-2H3/t14-,23?/m1/s1. The van der Waals surface area contributed by atoms with Crippen LogP contribution >= 0.6 is 23.2 Å². The van der Waals surface area contributed by atoms with Gasteiger partial charge in [0.15, 0.2) is 5.78 Å². The molecule has 2 aliphatic heterocycles. The molecular formula is C24H19Cl2F3N2O4. The first-order chi connectivity index (χ1) is 16.3. The third-order valence-corrected chi connectivity index (χ3v) is 6.72. The monoisotopic (exact) mass is 526 g/mol. The van der Waals surface area contributed by atoms with Crippen LogP contribution in [0.4, 0.5) is 13.2 Å². The molecule has 1 unspecified atom stereocenters. The average Bonchev–Trinajstić information content (AvgIpc) is 3.32. The number of hydrogen-bond donors (Lipinski definition) is 0. The molecular weight excluding hydrogens is 508 g/mol. The molecule has 1 fully saturated rings. The van der Waals surface area contributed by atoms with Crippen LogP contribution in [-0.4, -0.2) is 41.4 Å². The number of rotatable bonds is 5. The molecule has 2 aromatic carbocycles. The zero-order valence-electron chi connectivity index (χ0n) is 18.6. The van der Waals surface area contributed by atoms with Crippen LogP contribution < -0.4 is 0 Å². The third-order valence-electron chi connectivity index (χ3n) is 6.28. The molecule has 11 heteroatoms. The molecule has 1 saturated heterocycles. The van der Waals surface area contributed by atoms with E-state index in [-0.39, 0.29) is 45.9 Å². The smallest absolute Gasteiger partial charge is 0.374 e. The van der Waals surface area contributed by atoms with E-state index < -0.39 is 30.0 Å². The summed E-state index contributed by atoms with van der Waals surface area (Å²) in [6, 6.07) is 8.09. The van der Waals surface area contributed by atoms with E-state index in [9.17, 15) is 27.6 Å². The van der Waals surface area contributed by atoms with Gasteiger partial charge in [-0.1, -0.05) is 40.5 Å². The topological polar surface area (TPSA) is 76.0 Å². The van der Waals surface area contributed by atoms with Crippen LogP contribution in [0.3, 0.4) is 0 Å². The van der Waals surface area contributed by atoms with E-state index in [1.807, 2.05) is 0 Å². The van der Waals surface area contributed by atoms with Gasteiger partial charge in [-0.3, -0.25) is 19.3 Å². The Balaban J connectivity index is 1.57. The number of carbonyl (C=O) groups excluding carboxylic acids is 3. The van der Waals surface area contributed by atoms with Gasteiger partial charge in [0.2, 0.25) is 11.8 Å². The number of amides is 2. The van der Waals surface area contributed by atoms with Crippen LogP contribution in [0.2, 0.25) is 10.0 Å². The van der Waals surface area contributed by atoms with E-state index in [1.54, 1.807) is 13.0 Å². The van der Waals surface area contributed by atoms with Crippen molar-refractivity contribution < 1.29 is 32.4 Å². The van der Waals surface area contributed by atoms with Crippen molar-refractivity contribution in [1.29, 1.82) is 0 Å². The Bertz CT molecular complexity index is 1260. The van der Waals surface area contributed by atoms with E-state index in [2.05, 4.69) is 5.16 Å². The van der Waals surface area contributed by atoms with Crippen molar-refractivity contribution in [2.75, 3.05) is 7.05 Å². The van der Waals surface area contributed by atoms with Gasteiger partial charge >= 0.3 is 6.18 Å². The van der Waals surface area contributed by atoms with E-state index in [1.165, 1.54) is 25.2 Å². The largest absolute Gasteiger partial charge is 0.435 e. The number of alkyl halides is 3. The number of benzene rings is 2. The first-order valence-electron chi connectivity index (χ1n) is 10.6. The van der Waals surface area contributed by atoms with Gasteiger partial charge < -0.3 is 4.84 Å². The summed E-state index contributed by atoms with van der Waals surface area (Å²) in [6.45, 7) is 1.63. The van der Waals surface area contributed by atoms with Crippen molar-refractivity contribution in [2.45, 2.75) is 38.0 Å². The molecule has 2 amide bonds. The van der Waals surface area contributed by atoms with Gasteiger partial charge in [-0.25, -0.2) is 0 Å². The van der Waals surface area contributed by atoms with Gasteiger partial charge in [0.1, 0.15) is 0 Å². The molecule has 6 nitrogen and oxygen atoms in total. The lowest BCUT2D eigenvalue weighted by atomic mass is 9.86. The van der Waals surface area contributed by atoms with E-state index in [4.69, 9.17) is 28.0 Å². The summed E-state index contributed by atoms with van der Waals surface area (Å²) in [4.78, 5) is 42.6. The summed E-state index contributed by atoms with van der Waals surface area (Å²) in [6.07, 6.45) is -5.61. The first kappa shape index (κ1) is 25.2. The second kappa shape index (κ2) is 8.95. The fourth-order valence-corrected chi connectivity index (χ4v) is 4.85. The summed E-state index contributed by atoms with van der Waals surface area (Å²) in [5.41, 5.74) is -1.84. The molecule has 2 aliphatic rings. The third kappa shape index (κ3) is 4.54. The molecule has 0 aromatic heterocycles. The number of likely N-dealkylation sites (tertiary alicyclic amines) is 1. The number of imide groups is 1. The van der Waals surface area contributed by atoms with Crippen LogP contribution in [0.5, 0.6) is 0 Å². The van der Waals surface area contributed by atoms with E-state index >= 15 is 0 Å². The summed E-state index contributed by atoms with van der Waals surface area (Å²) in [7, 11) is 1.37. The molecule has 35 heavy (non-hydrogen) atoms. The minimum absolute atomic E-state index is 0.0283. The highest BCUT2D eigenvalue weighted by Gasteiger charge is 2.62. The van der Waals surface area contributed by atoms with Crippen molar-refractivity contribution in [3.63, 3.8) is 0 Å². The predicted octanol–water partition coefficient (Wildman–Crippen LogP) is 5.46. The van der Waals surface area contributed by atoms with Gasteiger partial charge in [-0.15, -0.1) is 0 Å². The number of carbonyl (C=O) groups is 3. The minimum Gasteiger partial charge on any atom is -0.374 e. The van der Waals surface area contributed by atoms with Crippen LogP contribution in [-0.2, 0) is 20.0 Å². The maximum absolute atomic E-state index is 14.2. The van der Waals surface area contributed by atoms with Crippen LogP contribution in [0, 0.1) is 12.8 Å². The molecule has 0 N–H and O–H groups in total. The number of aryl methyl sites for hydroxylation is 1. The SMILES string of the molecule is Cc1cc(C2=NOC(c3cc(Cl)cc(Cl)c3)(C(F)(F)F)C2)ccc1C(=O)C[C@@H]1CC(=O)N(C)C1=O. The Hall–Kier alpha value is -2.91. The highest BCUT2D eigenvalue weighted by molar-refractivity contribution is 6.34. The van der Waals surface area contributed by atoms with Crippen molar-refractivity contribution in [2.24, 2.45) is 11.1 Å². The predicted molar refractivity (Wildman–Crippen MR) is 122 cm³/mol. The van der Waals surface area contributed by atoms with Gasteiger partial charge in [0, 0.05) is 47.5 Å². The Kier molecular flexibility index (Phi) is 6.44. The average molecular weight is 527 g/mol. The highest BCUT2D eigenvalue weighted by Crippen LogP contribution is 2.49. The highest BCUT2D eigenvalue weighted by atomic mass is 35.5. The molecule has 2 aromatic rings. The molecule has 184 valence electrons. The zero-order valence-corrected chi connectivity index (χ0v) is 20.1. The van der Waals surface area contributed by atoms with Crippen LogP contribution in [0.15, 0.2) is 41.6 Å². The maximum Gasteiger partial charge on any atom is 0.435 e. The number of hydrogen-bond acceptors (Lipinski definition) is 5. The lowest BCUT2D eigenvalue weighted by Gasteiger charge is -2.29. The molecule has 4 rings (SSSR count). The quantitative estimate of drug-likeness (QED) is 0.382. The molecule has 0 spiro atoms. The maximum atomic E-state index is 14.2. The normalized spacial score (nSPS) is 22.4. The van der Waals surface area contributed by atoms with E-state index in [0.717, 1.165) is 17.0 Å².